The summed E-state index contributed by atoms with van der Waals surface area (Å²) in [6.07, 6.45) is 0. The standard InChI is InChI=1S/C15H12N6S.CH3I/c1-9-16-15(21-20-9)19-14-11-4-2-3-5-12(11)17-13(18-14)10-6-7-22-8-10;1-2/h2-8H,1H3,(H2,16,17,18,19,20,21);1H3. The minimum absolute atomic E-state index is 0.498. The van der Waals surface area contributed by atoms with E-state index < -0.39 is 0 Å². The molecular weight excluding hydrogens is 435 g/mol. The smallest absolute Gasteiger partial charge is 0.247 e. The van der Waals surface area contributed by atoms with Crippen molar-refractivity contribution in [2.45, 2.75) is 6.92 Å². The van der Waals surface area contributed by atoms with Crippen molar-refractivity contribution in [3.8, 4) is 11.4 Å². The molecule has 1 aromatic carbocycles. The summed E-state index contributed by atoms with van der Waals surface area (Å²) in [4.78, 5) is 15.5. The Hall–Kier alpha value is -2.07. The number of aryl methyl sites for hydroxylation is 1. The summed E-state index contributed by atoms with van der Waals surface area (Å²) >= 11 is 3.77. The zero-order chi connectivity index (χ0) is 16.9. The molecule has 0 atom stereocenters. The maximum absolute atomic E-state index is 4.64. The number of aromatic nitrogens is 5. The van der Waals surface area contributed by atoms with Gasteiger partial charge in [0.15, 0.2) is 5.82 Å². The second kappa shape index (κ2) is 7.67. The lowest BCUT2D eigenvalue weighted by atomic mass is 10.2. The Kier molecular flexibility index (Phi) is 5.36. The number of anilines is 2. The molecule has 0 fully saturated rings. The molecule has 24 heavy (non-hydrogen) atoms. The van der Waals surface area contributed by atoms with Gasteiger partial charge in [-0.2, -0.15) is 16.3 Å². The Morgan fingerprint density at radius 2 is 1.92 bits per heavy atom. The minimum atomic E-state index is 0.498. The number of alkyl halides is 1. The molecule has 0 unspecified atom stereocenters. The van der Waals surface area contributed by atoms with Gasteiger partial charge in [-0.3, -0.25) is 5.10 Å². The molecule has 0 saturated heterocycles. The molecule has 2 N–H and O–H groups in total. The molecule has 0 saturated carbocycles. The number of nitrogens with one attached hydrogen (secondary N) is 2. The molecule has 6 nitrogen and oxygen atoms in total. The van der Waals surface area contributed by atoms with Crippen molar-refractivity contribution in [1.82, 2.24) is 25.1 Å². The third-order valence-corrected chi connectivity index (χ3v) is 3.89. The van der Waals surface area contributed by atoms with E-state index >= 15 is 0 Å². The van der Waals surface area contributed by atoms with Crippen LogP contribution in [0.2, 0.25) is 0 Å². The number of para-hydroxylation sites is 1. The third-order valence-electron chi connectivity index (χ3n) is 3.21. The summed E-state index contributed by atoms with van der Waals surface area (Å²) < 4.78 is 0. The number of nitrogens with zero attached hydrogens (tertiary/aromatic N) is 4. The Labute approximate surface area is 156 Å². The highest BCUT2D eigenvalue weighted by Crippen LogP contribution is 2.27. The number of hydrogen-bond donors (Lipinski definition) is 2. The number of halogens is 1. The SMILES string of the molecule is CI.Cc1nc(Nc2nc(-c3ccsc3)nc3ccccc23)n[nH]1. The van der Waals surface area contributed by atoms with E-state index in [9.17, 15) is 0 Å². The van der Waals surface area contributed by atoms with Crippen LogP contribution in [0.5, 0.6) is 0 Å². The zero-order valence-corrected chi connectivity index (χ0v) is 16.1. The summed E-state index contributed by atoms with van der Waals surface area (Å²) in [6, 6.07) is 9.89. The van der Waals surface area contributed by atoms with Crippen LogP contribution in [0.4, 0.5) is 11.8 Å². The second-order valence-corrected chi connectivity index (χ2v) is 5.57. The third kappa shape index (κ3) is 3.54. The van der Waals surface area contributed by atoms with Gasteiger partial charge in [-0.1, -0.05) is 34.7 Å². The lowest BCUT2D eigenvalue weighted by molar-refractivity contribution is 1.04. The van der Waals surface area contributed by atoms with Crippen molar-refractivity contribution in [2.75, 3.05) is 10.2 Å². The Balaban J connectivity index is 0.000000815. The van der Waals surface area contributed by atoms with Gasteiger partial charge in [0.2, 0.25) is 5.95 Å². The van der Waals surface area contributed by atoms with E-state index in [0.29, 0.717) is 17.6 Å². The maximum Gasteiger partial charge on any atom is 0.247 e. The molecule has 0 spiro atoms. The van der Waals surface area contributed by atoms with E-state index in [1.54, 1.807) is 11.3 Å². The predicted octanol–water partition coefficient (Wildman–Crippen LogP) is 4.58. The van der Waals surface area contributed by atoms with Gasteiger partial charge in [0.05, 0.1) is 5.52 Å². The Morgan fingerprint density at radius 3 is 2.62 bits per heavy atom. The van der Waals surface area contributed by atoms with Crippen LogP contribution in [0.15, 0.2) is 41.1 Å². The molecule has 0 aliphatic rings. The highest BCUT2D eigenvalue weighted by atomic mass is 127. The van der Waals surface area contributed by atoms with E-state index in [4.69, 9.17) is 0 Å². The van der Waals surface area contributed by atoms with Crippen LogP contribution < -0.4 is 5.32 Å². The average molecular weight is 450 g/mol. The van der Waals surface area contributed by atoms with Gasteiger partial charge in [0, 0.05) is 16.3 Å². The first kappa shape index (κ1) is 16.8. The molecule has 0 bridgehead atoms. The number of fused-ring (bicyclic) bond motifs is 1. The topological polar surface area (TPSA) is 79.4 Å². The van der Waals surface area contributed by atoms with Crippen molar-refractivity contribution in [1.29, 1.82) is 0 Å². The second-order valence-electron chi connectivity index (χ2n) is 4.79. The molecule has 4 aromatic rings. The summed E-state index contributed by atoms with van der Waals surface area (Å²) in [6.45, 7) is 1.85. The van der Waals surface area contributed by atoms with E-state index in [1.165, 1.54) is 0 Å². The normalized spacial score (nSPS) is 10.3. The first-order chi connectivity index (χ1) is 11.8. The number of aromatic amines is 1. The van der Waals surface area contributed by atoms with Gasteiger partial charge in [-0.25, -0.2) is 9.97 Å². The fraction of sp³-hybridized carbons (Fsp3) is 0.125. The molecule has 8 heteroatoms. The van der Waals surface area contributed by atoms with Crippen LogP contribution in [-0.4, -0.2) is 30.1 Å². The predicted molar refractivity (Wildman–Crippen MR) is 107 cm³/mol. The molecule has 122 valence electrons. The lowest BCUT2D eigenvalue weighted by Crippen LogP contribution is -2.00. The van der Waals surface area contributed by atoms with Crippen LogP contribution >= 0.6 is 33.9 Å². The fourth-order valence-corrected chi connectivity index (χ4v) is 2.83. The number of thiophene rings is 1. The number of H-pyrrole nitrogens is 1. The quantitative estimate of drug-likeness (QED) is 0.353. The number of benzene rings is 1. The van der Waals surface area contributed by atoms with Gasteiger partial charge in [-0.15, -0.1) is 5.10 Å². The average Bonchev–Trinajstić information content (AvgIpc) is 3.28. The molecule has 0 aliphatic carbocycles. The Morgan fingerprint density at radius 1 is 1.08 bits per heavy atom. The van der Waals surface area contributed by atoms with E-state index in [1.807, 2.05) is 52.9 Å². The first-order valence-electron chi connectivity index (χ1n) is 7.13. The van der Waals surface area contributed by atoms with Crippen LogP contribution in [0.1, 0.15) is 5.82 Å². The molecule has 3 aromatic heterocycles. The molecule has 4 rings (SSSR count). The van der Waals surface area contributed by atoms with Gasteiger partial charge < -0.3 is 5.32 Å². The number of rotatable bonds is 3. The van der Waals surface area contributed by atoms with Crippen molar-refractivity contribution < 1.29 is 0 Å². The van der Waals surface area contributed by atoms with Crippen molar-refractivity contribution >= 4 is 56.6 Å². The number of hydrogen-bond acceptors (Lipinski definition) is 6. The minimum Gasteiger partial charge on any atom is -0.307 e. The zero-order valence-electron chi connectivity index (χ0n) is 13.1. The summed E-state index contributed by atoms with van der Waals surface area (Å²) in [7, 11) is 0. The van der Waals surface area contributed by atoms with E-state index in [-0.39, 0.29) is 0 Å². The van der Waals surface area contributed by atoms with Gasteiger partial charge in [0.25, 0.3) is 0 Å². The molecule has 0 aliphatic heterocycles. The van der Waals surface area contributed by atoms with E-state index in [0.717, 1.165) is 22.3 Å². The van der Waals surface area contributed by atoms with Crippen LogP contribution in [0.3, 0.4) is 0 Å². The molecular formula is C16H15IN6S. The van der Waals surface area contributed by atoms with Crippen LogP contribution in [0, 0.1) is 6.92 Å². The monoisotopic (exact) mass is 450 g/mol. The Bertz CT molecular complexity index is 935. The fourth-order valence-electron chi connectivity index (χ4n) is 2.20. The van der Waals surface area contributed by atoms with Gasteiger partial charge in [-0.05, 0) is 35.4 Å². The maximum atomic E-state index is 4.64. The summed E-state index contributed by atoms with van der Waals surface area (Å²) in [5, 5.41) is 15.1. The first-order valence-corrected chi connectivity index (χ1v) is 10.2. The highest BCUT2D eigenvalue weighted by Gasteiger charge is 2.11. The van der Waals surface area contributed by atoms with Crippen LogP contribution in [-0.2, 0) is 0 Å². The largest absolute Gasteiger partial charge is 0.307 e. The lowest BCUT2D eigenvalue weighted by Gasteiger charge is -2.08. The molecule has 3 heterocycles. The molecule has 0 radical (unpaired) electrons. The van der Waals surface area contributed by atoms with Gasteiger partial charge >= 0.3 is 0 Å². The van der Waals surface area contributed by atoms with Gasteiger partial charge in [0.1, 0.15) is 11.6 Å². The van der Waals surface area contributed by atoms with Crippen molar-refractivity contribution in [3.63, 3.8) is 0 Å². The van der Waals surface area contributed by atoms with Crippen molar-refractivity contribution in [2.24, 2.45) is 0 Å². The van der Waals surface area contributed by atoms with Crippen LogP contribution in [0.25, 0.3) is 22.3 Å². The van der Waals surface area contributed by atoms with E-state index in [2.05, 4.69) is 53.1 Å². The van der Waals surface area contributed by atoms with Crippen molar-refractivity contribution in [3.05, 3.63) is 46.9 Å². The highest BCUT2D eigenvalue weighted by molar-refractivity contribution is 14.1. The summed E-state index contributed by atoms with van der Waals surface area (Å²) in [5.74, 6) is 2.64. The molecule has 0 amide bonds. The summed E-state index contributed by atoms with van der Waals surface area (Å²) in [5.41, 5.74) is 1.89.